The highest BCUT2D eigenvalue weighted by molar-refractivity contribution is 6.07. The Balaban J connectivity index is 1.20. The van der Waals surface area contributed by atoms with E-state index >= 15 is 0 Å². The Hall–Kier alpha value is -5.92. The van der Waals surface area contributed by atoms with Gasteiger partial charge in [-0.2, -0.15) is 0 Å². The normalized spacial score (nSPS) is 14.6. The van der Waals surface area contributed by atoms with Crippen molar-refractivity contribution in [3.63, 3.8) is 0 Å². The summed E-state index contributed by atoms with van der Waals surface area (Å²) in [5, 5.41) is 5.10. The highest BCUT2D eigenvalue weighted by Crippen LogP contribution is 2.55. The molecule has 0 heterocycles. The third-order valence-electron chi connectivity index (χ3n) is 11.8. The second-order valence-electron chi connectivity index (χ2n) is 15.4. The molecule has 244 valence electrons. The lowest BCUT2D eigenvalue weighted by molar-refractivity contribution is 0.660. The summed E-state index contributed by atoms with van der Waals surface area (Å²) >= 11 is 0. The van der Waals surface area contributed by atoms with E-state index in [1.165, 1.54) is 88.6 Å². The van der Waals surface area contributed by atoms with Crippen LogP contribution in [-0.4, -0.2) is 0 Å². The van der Waals surface area contributed by atoms with Crippen LogP contribution in [0.5, 0.6) is 0 Å². The average molecular weight is 654 g/mol. The monoisotopic (exact) mass is 653 g/mol. The highest BCUT2D eigenvalue weighted by Gasteiger charge is 2.39. The average Bonchev–Trinajstić information content (AvgIpc) is 3.54. The zero-order valence-corrected chi connectivity index (χ0v) is 29.5. The molecule has 1 nitrogen and oxygen atoms in total. The lowest BCUT2D eigenvalue weighted by atomic mass is 9.79. The third-order valence-corrected chi connectivity index (χ3v) is 11.8. The number of fused-ring (bicyclic) bond motifs is 9. The number of benzene rings is 8. The SMILES string of the molecule is CC1(C)c2ccccc2-c2ccc(N(c3ccc(-c4ccc5ccccc5c4)cc3)c3cccc4ccc5c(c34)C(C)(C)c3ccccc3-5)cc21. The largest absolute Gasteiger partial charge is 0.310 e. The van der Waals surface area contributed by atoms with Gasteiger partial charge in [-0.1, -0.05) is 155 Å². The molecule has 0 aliphatic heterocycles. The third kappa shape index (κ3) is 4.34. The number of anilines is 3. The summed E-state index contributed by atoms with van der Waals surface area (Å²) in [6, 6.07) is 61.0. The van der Waals surface area contributed by atoms with Gasteiger partial charge in [0.15, 0.2) is 0 Å². The van der Waals surface area contributed by atoms with Gasteiger partial charge >= 0.3 is 0 Å². The molecular weight excluding hydrogens is 615 g/mol. The van der Waals surface area contributed by atoms with Gasteiger partial charge in [-0.25, -0.2) is 0 Å². The minimum absolute atomic E-state index is 0.100. The number of hydrogen-bond acceptors (Lipinski definition) is 1. The van der Waals surface area contributed by atoms with Gasteiger partial charge in [-0.05, 0) is 108 Å². The summed E-state index contributed by atoms with van der Waals surface area (Å²) in [7, 11) is 0. The smallest absolute Gasteiger partial charge is 0.0543 e. The molecule has 0 N–H and O–H groups in total. The molecule has 10 rings (SSSR count). The standard InChI is InChI=1S/C50H39N/c1-49(2)43-17-9-7-15-39(43)41-29-27-38(31-45(41)49)51(37-25-22-33(23-26-37)36-21-20-32-12-5-6-13-35(32)30-36)46-19-11-14-34-24-28-42-40-16-8-10-18-44(40)50(3,4)48(42)47(34)46/h5-31H,1-4H3. The molecule has 8 aromatic carbocycles. The Bertz CT molecular complexity index is 2690. The van der Waals surface area contributed by atoms with E-state index in [0.717, 1.165) is 5.69 Å². The van der Waals surface area contributed by atoms with E-state index in [1.807, 2.05) is 0 Å². The zero-order valence-electron chi connectivity index (χ0n) is 29.5. The van der Waals surface area contributed by atoms with Gasteiger partial charge in [-0.15, -0.1) is 0 Å². The predicted octanol–water partition coefficient (Wildman–Crippen LogP) is 13.7. The molecule has 8 aromatic rings. The van der Waals surface area contributed by atoms with Crippen molar-refractivity contribution in [2.75, 3.05) is 4.90 Å². The number of nitrogens with zero attached hydrogens (tertiary/aromatic N) is 1. The second-order valence-corrected chi connectivity index (χ2v) is 15.4. The van der Waals surface area contributed by atoms with E-state index in [4.69, 9.17) is 0 Å². The molecular formula is C50H39N. The van der Waals surface area contributed by atoms with Gasteiger partial charge in [-0.3, -0.25) is 0 Å². The Morgan fingerprint density at radius 3 is 1.73 bits per heavy atom. The molecule has 0 aromatic heterocycles. The van der Waals surface area contributed by atoms with Crippen LogP contribution < -0.4 is 4.90 Å². The molecule has 0 amide bonds. The van der Waals surface area contributed by atoms with E-state index < -0.39 is 0 Å². The van der Waals surface area contributed by atoms with E-state index in [2.05, 4.69) is 196 Å². The maximum atomic E-state index is 2.51. The van der Waals surface area contributed by atoms with Crippen molar-refractivity contribution >= 4 is 38.6 Å². The zero-order chi connectivity index (χ0) is 34.5. The maximum Gasteiger partial charge on any atom is 0.0543 e. The van der Waals surface area contributed by atoms with Crippen molar-refractivity contribution in [2.24, 2.45) is 0 Å². The Kier molecular flexibility index (Phi) is 6.34. The van der Waals surface area contributed by atoms with Crippen molar-refractivity contribution in [1.29, 1.82) is 0 Å². The van der Waals surface area contributed by atoms with Crippen LogP contribution in [0.2, 0.25) is 0 Å². The molecule has 51 heavy (non-hydrogen) atoms. The minimum atomic E-state index is -0.144. The molecule has 0 radical (unpaired) electrons. The van der Waals surface area contributed by atoms with Crippen molar-refractivity contribution in [1.82, 2.24) is 0 Å². The highest BCUT2D eigenvalue weighted by atomic mass is 15.1. The lowest BCUT2D eigenvalue weighted by Crippen LogP contribution is -2.18. The summed E-state index contributed by atoms with van der Waals surface area (Å²) in [5.74, 6) is 0. The molecule has 0 atom stereocenters. The summed E-state index contributed by atoms with van der Waals surface area (Å²) in [6.45, 7) is 9.53. The van der Waals surface area contributed by atoms with Gasteiger partial charge in [0, 0.05) is 27.6 Å². The van der Waals surface area contributed by atoms with Gasteiger partial charge in [0.25, 0.3) is 0 Å². The first kappa shape index (κ1) is 29.9. The minimum Gasteiger partial charge on any atom is -0.310 e. The predicted molar refractivity (Wildman–Crippen MR) is 217 cm³/mol. The fraction of sp³-hybridized carbons (Fsp3) is 0.120. The summed E-state index contributed by atoms with van der Waals surface area (Å²) in [6.07, 6.45) is 0. The van der Waals surface area contributed by atoms with Gasteiger partial charge in [0.2, 0.25) is 0 Å². The Labute approximate surface area is 300 Å². The number of hydrogen-bond donors (Lipinski definition) is 0. The summed E-state index contributed by atoms with van der Waals surface area (Å²) < 4.78 is 0. The molecule has 0 spiro atoms. The topological polar surface area (TPSA) is 3.24 Å². The first-order valence-electron chi connectivity index (χ1n) is 18.1. The molecule has 0 fully saturated rings. The summed E-state index contributed by atoms with van der Waals surface area (Å²) in [5.41, 5.74) is 16.7. The van der Waals surface area contributed by atoms with Crippen LogP contribution in [0, 0.1) is 0 Å². The van der Waals surface area contributed by atoms with Crippen LogP contribution in [0.25, 0.3) is 54.9 Å². The fourth-order valence-corrected chi connectivity index (χ4v) is 9.25. The molecule has 0 saturated heterocycles. The first-order chi connectivity index (χ1) is 24.8. The van der Waals surface area contributed by atoms with Crippen LogP contribution >= 0.6 is 0 Å². The van der Waals surface area contributed by atoms with Crippen LogP contribution in [0.3, 0.4) is 0 Å². The van der Waals surface area contributed by atoms with Crippen molar-refractivity contribution < 1.29 is 0 Å². The molecule has 1 heteroatoms. The quantitative estimate of drug-likeness (QED) is 0.183. The Morgan fingerprint density at radius 2 is 0.941 bits per heavy atom. The molecule has 2 aliphatic rings. The molecule has 0 unspecified atom stereocenters. The first-order valence-corrected chi connectivity index (χ1v) is 18.1. The van der Waals surface area contributed by atoms with E-state index in [1.54, 1.807) is 0 Å². The van der Waals surface area contributed by atoms with Crippen LogP contribution in [0.4, 0.5) is 17.1 Å². The Morgan fingerprint density at radius 1 is 0.373 bits per heavy atom. The van der Waals surface area contributed by atoms with Gasteiger partial charge in [0.05, 0.1) is 5.69 Å². The summed E-state index contributed by atoms with van der Waals surface area (Å²) in [4.78, 5) is 2.51. The van der Waals surface area contributed by atoms with Gasteiger partial charge < -0.3 is 4.90 Å². The van der Waals surface area contributed by atoms with Crippen LogP contribution in [0.15, 0.2) is 164 Å². The van der Waals surface area contributed by atoms with Crippen molar-refractivity contribution in [2.45, 2.75) is 38.5 Å². The van der Waals surface area contributed by atoms with Crippen LogP contribution in [0.1, 0.15) is 49.9 Å². The molecule has 0 bridgehead atoms. The van der Waals surface area contributed by atoms with Gasteiger partial charge in [0.1, 0.15) is 0 Å². The number of rotatable bonds is 4. The fourth-order valence-electron chi connectivity index (χ4n) is 9.25. The van der Waals surface area contributed by atoms with Crippen LogP contribution in [-0.2, 0) is 10.8 Å². The lowest BCUT2D eigenvalue weighted by Gasteiger charge is -2.31. The molecule has 2 aliphatic carbocycles. The van der Waals surface area contributed by atoms with Crippen molar-refractivity contribution in [3.05, 3.63) is 186 Å². The maximum absolute atomic E-state index is 2.51. The van der Waals surface area contributed by atoms with E-state index in [9.17, 15) is 0 Å². The molecule has 0 saturated carbocycles. The van der Waals surface area contributed by atoms with Crippen molar-refractivity contribution in [3.8, 4) is 33.4 Å². The van der Waals surface area contributed by atoms with E-state index in [0.29, 0.717) is 0 Å². The van der Waals surface area contributed by atoms with E-state index in [-0.39, 0.29) is 10.8 Å². The second kappa shape index (κ2) is 10.8.